The first-order chi connectivity index (χ1) is 13.0. The molecule has 8 nitrogen and oxygen atoms in total. The Morgan fingerprint density at radius 3 is 2.48 bits per heavy atom. The van der Waals surface area contributed by atoms with Gasteiger partial charge in [0.05, 0.1) is 4.90 Å². The van der Waals surface area contributed by atoms with Crippen molar-refractivity contribution in [1.29, 1.82) is 0 Å². The lowest BCUT2D eigenvalue weighted by Gasteiger charge is -2.09. The molecular formula is C17H13FN4O4S. The van der Waals surface area contributed by atoms with Crippen LogP contribution in [0.2, 0.25) is 0 Å². The molecular weight excluding hydrogens is 375 g/mol. The van der Waals surface area contributed by atoms with E-state index in [0.29, 0.717) is 23.0 Å². The monoisotopic (exact) mass is 388 g/mol. The quantitative estimate of drug-likeness (QED) is 0.693. The number of benzene rings is 2. The van der Waals surface area contributed by atoms with Gasteiger partial charge in [-0.1, -0.05) is 6.07 Å². The molecule has 0 aliphatic carbocycles. The topological polar surface area (TPSA) is 102 Å². The molecule has 10 heteroatoms. The molecule has 1 aromatic heterocycles. The van der Waals surface area contributed by atoms with Crippen LogP contribution in [0.4, 0.5) is 21.7 Å². The number of rotatable bonds is 5. The maximum absolute atomic E-state index is 13.2. The SMILES string of the molecule is O=S(=O)(Nc1ccc(Nc2cccc(F)c2)nn1)c1ccc2c(c1)OCO2. The molecule has 138 valence electrons. The lowest BCUT2D eigenvalue weighted by molar-refractivity contribution is 0.174. The van der Waals surface area contributed by atoms with Crippen molar-refractivity contribution in [3.05, 3.63) is 60.4 Å². The number of fused-ring (bicyclic) bond motifs is 1. The average Bonchev–Trinajstić information content (AvgIpc) is 3.11. The van der Waals surface area contributed by atoms with E-state index in [4.69, 9.17) is 9.47 Å². The molecule has 0 spiro atoms. The summed E-state index contributed by atoms with van der Waals surface area (Å²) in [6.07, 6.45) is 0. The van der Waals surface area contributed by atoms with Gasteiger partial charge >= 0.3 is 0 Å². The predicted molar refractivity (Wildman–Crippen MR) is 95.1 cm³/mol. The van der Waals surface area contributed by atoms with Crippen molar-refractivity contribution in [3.63, 3.8) is 0 Å². The van der Waals surface area contributed by atoms with Crippen molar-refractivity contribution in [2.75, 3.05) is 16.8 Å². The van der Waals surface area contributed by atoms with Crippen LogP contribution in [0.25, 0.3) is 0 Å². The van der Waals surface area contributed by atoms with Crippen molar-refractivity contribution < 1.29 is 22.3 Å². The Hall–Kier alpha value is -3.40. The fourth-order valence-corrected chi connectivity index (χ4v) is 3.42. The van der Waals surface area contributed by atoms with Crippen molar-refractivity contribution >= 4 is 27.3 Å². The Balaban J connectivity index is 1.49. The van der Waals surface area contributed by atoms with Crippen molar-refractivity contribution in [3.8, 4) is 11.5 Å². The first-order valence-corrected chi connectivity index (χ1v) is 9.27. The summed E-state index contributed by atoms with van der Waals surface area (Å²) in [5.74, 6) is 0.838. The first kappa shape index (κ1) is 17.0. The van der Waals surface area contributed by atoms with E-state index in [-0.39, 0.29) is 23.3 Å². The number of sulfonamides is 1. The van der Waals surface area contributed by atoms with Crippen LogP contribution in [-0.2, 0) is 10.0 Å². The molecule has 2 heterocycles. The second-order valence-electron chi connectivity index (χ2n) is 5.56. The Labute approximate surface area is 154 Å². The summed E-state index contributed by atoms with van der Waals surface area (Å²) in [6, 6.07) is 13.1. The van der Waals surface area contributed by atoms with Gasteiger partial charge in [0.1, 0.15) is 5.82 Å². The first-order valence-electron chi connectivity index (χ1n) is 7.78. The van der Waals surface area contributed by atoms with E-state index in [9.17, 15) is 12.8 Å². The minimum absolute atomic E-state index is 0.00973. The molecule has 0 amide bonds. The third-order valence-corrected chi connectivity index (χ3v) is 5.01. The Morgan fingerprint density at radius 2 is 1.70 bits per heavy atom. The number of aromatic nitrogens is 2. The molecule has 0 bridgehead atoms. The van der Waals surface area contributed by atoms with Gasteiger partial charge in [-0.05, 0) is 42.5 Å². The largest absolute Gasteiger partial charge is 0.454 e. The van der Waals surface area contributed by atoms with Crippen LogP contribution in [-0.4, -0.2) is 25.4 Å². The van der Waals surface area contributed by atoms with Crippen molar-refractivity contribution in [2.24, 2.45) is 0 Å². The lowest BCUT2D eigenvalue weighted by Crippen LogP contribution is -2.14. The van der Waals surface area contributed by atoms with Crippen LogP contribution in [0.15, 0.2) is 59.5 Å². The van der Waals surface area contributed by atoms with Gasteiger partial charge in [-0.25, -0.2) is 12.8 Å². The molecule has 0 atom stereocenters. The zero-order chi connectivity index (χ0) is 18.9. The fraction of sp³-hybridized carbons (Fsp3) is 0.0588. The Morgan fingerprint density at radius 1 is 0.926 bits per heavy atom. The van der Waals surface area contributed by atoms with Gasteiger partial charge in [0.2, 0.25) is 6.79 Å². The van der Waals surface area contributed by atoms with Gasteiger partial charge in [-0.15, -0.1) is 10.2 Å². The highest BCUT2D eigenvalue weighted by Gasteiger charge is 2.20. The van der Waals surface area contributed by atoms with Gasteiger partial charge in [0.15, 0.2) is 23.1 Å². The summed E-state index contributed by atoms with van der Waals surface area (Å²) in [5.41, 5.74) is 0.498. The van der Waals surface area contributed by atoms with Gasteiger partial charge < -0.3 is 14.8 Å². The Bertz CT molecular complexity index is 1090. The third-order valence-electron chi connectivity index (χ3n) is 3.65. The molecule has 0 fully saturated rings. The minimum atomic E-state index is -3.87. The highest BCUT2D eigenvalue weighted by Crippen LogP contribution is 2.34. The number of nitrogens with one attached hydrogen (secondary N) is 2. The third kappa shape index (κ3) is 3.75. The maximum Gasteiger partial charge on any atom is 0.263 e. The van der Waals surface area contributed by atoms with Crippen LogP contribution in [0.1, 0.15) is 0 Å². The molecule has 4 rings (SSSR count). The number of ether oxygens (including phenoxy) is 2. The highest BCUT2D eigenvalue weighted by atomic mass is 32.2. The van der Waals surface area contributed by atoms with E-state index in [0.717, 1.165) is 0 Å². The number of hydrogen-bond acceptors (Lipinski definition) is 7. The number of hydrogen-bond donors (Lipinski definition) is 2. The lowest BCUT2D eigenvalue weighted by atomic mass is 10.3. The fourth-order valence-electron chi connectivity index (χ4n) is 2.41. The summed E-state index contributed by atoms with van der Waals surface area (Å²) in [5, 5.41) is 10.6. The minimum Gasteiger partial charge on any atom is -0.454 e. The summed E-state index contributed by atoms with van der Waals surface area (Å²) >= 11 is 0. The van der Waals surface area contributed by atoms with Gasteiger partial charge in [-0.3, -0.25) is 4.72 Å². The van der Waals surface area contributed by atoms with E-state index >= 15 is 0 Å². The standard InChI is InChI=1S/C17H13FN4O4S/c18-11-2-1-3-12(8-11)19-16-6-7-17(21-20-16)22-27(23,24)13-4-5-14-15(9-13)26-10-25-14/h1-9H,10H2,(H,19,20)(H,21,22). The summed E-state index contributed by atoms with van der Waals surface area (Å²) in [4.78, 5) is 0.00973. The van der Waals surface area contributed by atoms with Crippen LogP contribution < -0.4 is 19.5 Å². The predicted octanol–water partition coefficient (Wildman–Crippen LogP) is 2.89. The molecule has 27 heavy (non-hydrogen) atoms. The van der Waals surface area contributed by atoms with Gasteiger partial charge in [0, 0.05) is 11.8 Å². The Kier molecular flexibility index (Phi) is 4.24. The summed E-state index contributed by atoms with van der Waals surface area (Å²) < 4.78 is 50.9. The van der Waals surface area contributed by atoms with E-state index in [1.54, 1.807) is 12.1 Å². The van der Waals surface area contributed by atoms with E-state index in [2.05, 4.69) is 20.2 Å². The summed E-state index contributed by atoms with van der Waals surface area (Å²) in [6.45, 7) is 0.0531. The van der Waals surface area contributed by atoms with Gasteiger partial charge in [-0.2, -0.15) is 0 Å². The van der Waals surface area contributed by atoms with E-state index < -0.39 is 10.0 Å². The second-order valence-corrected chi connectivity index (χ2v) is 7.24. The summed E-state index contributed by atoms with van der Waals surface area (Å²) in [7, 11) is -3.87. The van der Waals surface area contributed by atoms with E-state index in [1.807, 2.05) is 0 Å². The van der Waals surface area contributed by atoms with Crippen LogP contribution in [0, 0.1) is 5.82 Å². The molecule has 2 aromatic carbocycles. The molecule has 0 saturated heterocycles. The second kappa shape index (κ2) is 6.72. The molecule has 1 aliphatic rings. The normalized spacial score (nSPS) is 12.6. The molecule has 0 saturated carbocycles. The van der Waals surface area contributed by atoms with E-state index in [1.165, 1.54) is 42.5 Å². The molecule has 0 radical (unpaired) electrons. The molecule has 2 N–H and O–H groups in total. The average molecular weight is 388 g/mol. The van der Waals surface area contributed by atoms with Gasteiger partial charge in [0.25, 0.3) is 10.0 Å². The molecule has 0 unspecified atom stereocenters. The van der Waals surface area contributed by atoms with Crippen LogP contribution in [0.3, 0.4) is 0 Å². The molecule has 3 aromatic rings. The number of anilines is 3. The number of nitrogens with zero attached hydrogens (tertiary/aromatic N) is 2. The van der Waals surface area contributed by atoms with Crippen LogP contribution in [0.5, 0.6) is 11.5 Å². The highest BCUT2D eigenvalue weighted by molar-refractivity contribution is 7.92. The maximum atomic E-state index is 13.2. The number of halogens is 1. The zero-order valence-electron chi connectivity index (χ0n) is 13.7. The smallest absolute Gasteiger partial charge is 0.263 e. The van der Waals surface area contributed by atoms with Crippen molar-refractivity contribution in [2.45, 2.75) is 4.90 Å². The van der Waals surface area contributed by atoms with Crippen molar-refractivity contribution in [1.82, 2.24) is 10.2 Å². The van der Waals surface area contributed by atoms with Crippen LogP contribution >= 0.6 is 0 Å². The zero-order valence-corrected chi connectivity index (χ0v) is 14.5. The molecule has 1 aliphatic heterocycles.